The minimum absolute atomic E-state index is 0.0731. The average Bonchev–Trinajstić information content (AvgIpc) is 2.39. The van der Waals surface area contributed by atoms with Gasteiger partial charge in [0, 0.05) is 10.6 Å². The molecule has 1 aromatic heterocycles. The first-order valence-electron chi connectivity index (χ1n) is 5.46. The first-order chi connectivity index (χ1) is 8.74. The third kappa shape index (κ3) is 1.89. The normalized spacial score (nSPS) is 10.7. The van der Waals surface area contributed by atoms with Gasteiger partial charge in [0.2, 0.25) is 5.88 Å². The van der Waals surface area contributed by atoms with Gasteiger partial charge >= 0.3 is 0 Å². The summed E-state index contributed by atoms with van der Waals surface area (Å²) in [5.41, 5.74) is 2.57. The first-order valence-corrected chi connectivity index (χ1v) is 5.83. The molecule has 3 rings (SSSR count). The fourth-order valence-electron chi connectivity index (χ4n) is 1.81. The van der Waals surface area contributed by atoms with Gasteiger partial charge < -0.3 is 5.11 Å². The van der Waals surface area contributed by atoms with Crippen molar-refractivity contribution in [2.75, 3.05) is 0 Å². The minimum atomic E-state index is -0.0731. The molecule has 0 aliphatic heterocycles. The van der Waals surface area contributed by atoms with Gasteiger partial charge in [0.1, 0.15) is 5.69 Å². The van der Waals surface area contributed by atoms with Crippen molar-refractivity contribution in [3.63, 3.8) is 0 Å². The van der Waals surface area contributed by atoms with Crippen LogP contribution in [0.1, 0.15) is 0 Å². The number of fused-ring (bicyclic) bond motifs is 1. The van der Waals surface area contributed by atoms with Crippen LogP contribution in [0.2, 0.25) is 5.02 Å². The lowest BCUT2D eigenvalue weighted by Gasteiger charge is -2.05. The van der Waals surface area contributed by atoms with Crippen LogP contribution in [0.15, 0.2) is 48.5 Å². The van der Waals surface area contributed by atoms with E-state index in [0.29, 0.717) is 21.7 Å². The zero-order valence-corrected chi connectivity index (χ0v) is 10.1. The van der Waals surface area contributed by atoms with Gasteiger partial charge in [0.15, 0.2) is 0 Å². The Kier molecular flexibility index (Phi) is 2.61. The number of rotatable bonds is 1. The lowest BCUT2D eigenvalue weighted by atomic mass is 10.1. The van der Waals surface area contributed by atoms with Crippen LogP contribution in [0.4, 0.5) is 0 Å². The molecule has 88 valence electrons. The van der Waals surface area contributed by atoms with Crippen molar-refractivity contribution in [1.82, 2.24) is 9.97 Å². The molecule has 18 heavy (non-hydrogen) atoms. The highest BCUT2D eigenvalue weighted by Gasteiger charge is 2.09. The van der Waals surface area contributed by atoms with E-state index in [2.05, 4.69) is 9.97 Å². The Balaban J connectivity index is 2.27. The Labute approximate surface area is 109 Å². The number of aromatic hydroxyl groups is 1. The molecule has 0 aliphatic carbocycles. The molecule has 0 saturated heterocycles. The van der Waals surface area contributed by atoms with Gasteiger partial charge in [0.05, 0.1) is 11.0 Å². The topological polar surface area (TPSA) is 46.0 Å². The second kappa shape index (κ2) is 4.27. The molecule has 2 aromatic carbocycles. The third-order valence-corrected chi connectivity index (χ3v) is 2.89. The van der Waals surface area contributed by atoms with E-state index in [4.69, 9.17) is 11.6 Å². The summed E-state index contributed by atoms with van der Waals surface area (Å²) in [5, 5.41) is 10.5. The van der Waals surface area contributed by atoms with Crippen LogP contribution in [-0.4, -0.2) is 15.1 Å². The lowest BCUT2D eigenvalue weighted by Crippen LogP contribution is -1.90. The van der Waals surface area contributed by atoms with Crippen LogP contribution >= 0.6 is 11.6 Å². The summed E-state index contributed by atoms with van der Waals surface area (Å²) in [5.74, 6) is -0.0731. The number of hydrogen-bond acceptors (Lipinski definition) is 3. The molecule has 0 spiro atoms. The summed E-state index contributed by atoms with van der Waals surface area (Å²) in [4.78, 5) is 8.54. The molecule has 1 heterocycles. The zero-order valence-electron chi connectivity index (χ0n) is 9.34. The summed E-state index contributed by atoms with van der Waals surface area (Å²) in [6.07, 6.45) is 0. The zero-order chi connectivity index (χ0) is 12.5. The van der Waals surface area contributed by atoms with Crippen LogP contribution < -0.4 is 0 Å². The molecule has 0 atom stereocenters. The van der Waals surface area contributed by atoms with Gasteiger partial charge in [-0.15, -0.1) is 0 Å². The Morgan fingerprint density at radius 3 is 2.44 bits per heavy atom. The summed E-state index contributed by atoms with van der Waals surface area (Å²) in [6, 6.07) is 14.6. The van der Waals surface area contributed by atoms with Crippen molar-refractivity contribution in [2.45, 2.75) is 0 Å². The van der Waals surface area contributed by atoms with E-state index in [9.17, 15) is 5.11 Å². The maximum absolute atomic E-state index is 9.92. The van der Waals surface area contributed by atoms with Gasteiger partial charge in [-0.25, -0.2) is 9.97 Å². The molecule has 0 radical (unpaired) electrons. The molecule has 0 saturated carbocycles. The van der Waals surface area contributed by atoms with Crippen LogP contribution in [0.25, 0.3) is 22.3 Å². The Bertz CT molecular complexity index is 714. The molecule has 4 heteroatoms. The van der Waals surface area contributed by atoms with Crippen LogP contribution in [0, 0.1) is 0 Å². The highest BCUT2D eigenvalue weighted by Crippen LogP contribution is 2.28. The van der Waals surface area contributed by atoms with E-state index in [1.165, 1.54) is 0 Å². The largest absolute Gasteiger partial charge is 0.492 e. The van der Waals surface area contributed by atoms with Gasteiger partial charge in [-0.2, -0.15) is 0 Å². The van der Waals surface area contributed by atoms with E-state index < -0.39 is 0 Å². The smallest absolute Gasteiger partial charge is 0.238 e. The highest BCUT2D eigenvalue weighted by atomic mass is 35.5. The standard InChI is InChI=1S/C14H9ClN2O/c15-10-6-7-11-12(8-10)16-13(14(18)17-11)9-4-2-1-3-5-9/h1-8H,(H,17,18). The van der Waals surface area contributed by atoms with Crippen molar-refractivity contribution in [1.29, 1.82) is 0 Å². The molecule has 0 unspecified atom stereocenters. The van der Waals surface area contributed by atoms with Crippen molar-refractivity contribution in [3.05, 3.63) is 53.6 Å². The van der Waals surface area contributed by atoms with Crippen molar-refractivity contribution in [2.24, 2.45) is 0 Å². The maximum atomic E-state index is 9.92. The van der Waals surface area contributed by atoms with Crippen LogP contribution in [-0.2, 0) is 0 Å². The number of nitrogens with zero attached hydrogens (tertiary/aromatic N) is 2. The van der Waals surface area contributed by atoms with Crippen LogP contribution in [0.3, 0.4) is 0 Å². The first kappa shape index (κ1) is 11.0. The molecule has 0 bridgehead atoms. The van der Waals surface area contributed by atoms with Crippen molar-refractivity contribution >= 4 is 22.6 Å². The number of hydrogen-bond donors (Lipinski definition) is 1. The molecular weight excluding hydrogens is 248 g/mol. The van der Waals surface area contributed by atoms with E-state index >= 15 is 0 Å². The fourth-order valence-corrected chi connectivity index (χ4v) is 1.97. The summed E-state index contributed by atoms with van der Waals surface area (Å²) < 4.78 is 0. The van der Waals surface area contributed by atoms with Gasteiger partial charge in [0.25, 0.3) is 0 Å². The summed E-state index contributed by atoms with van der Waals surface area (Å²) >= 11 is 5.93. The molecule has 3 aromatic rings. The molecule has 0 amide bonds. The summed E-state index contributed by atoms with van der Waals surface area (Å²) in [6.45, 7) is 0. The Hall–Kier alpha value is -2.13. The highest BCUT2D eigenvalue weighted by molar-refractivity contribution is 6.31. The second-order valence-corrected chi connectivity index (χ2v) is 4.33. The predicted molar refractivity (Wildman–Crippen MR) is 71.6 cm³/mol. The van der Waals surface area contributed by atoms with Crippen molar-refractivity contribution in [3.8, 4) is 17.1 Å². The number of halogens is 1. The van der Waals surface area contributed by atoms with E-state index in [0.717, 1.165) is 5.56 Å². The van der Waals surface area contributed by atoms with Crippen molar-refractivity contribution < 1.29 is 5.11 Å². The average molecular weight is 257 g/mol. The molecule has 1 N–H and O–H groups in total. The van der Waals surface area contributed by atoms with Gasteiger partial charge in [-0.05, 0) is 18.2 Å². The van der Waals surface area contributed by atoms with E-state index in [1.807, 2.05) is 30.3 Å². The van der Waals surface area contributed by atoms with Gasteiger partial charge in [-0.1, -0.05) is 41.9 Å². The van der Waals surface area contributed by atoms with Gasteiger partial charge in [-0.3, -0.25) is 0 Å². The van der Waals surface area contributed by atoms with E-state index in [-0.39, 0.29) is 5.88 Å². The predicted octanol–water partition coefficient (Wildman–Crippen LogP) is 3.66. The van der Waals surface area contributed by atoms with Crippen LogP contribution in [0.5, 0.6) is 5.88 Å². The summed E-state index contributed by atoms with van der Waals surface area (Å²) in [7, 11) is 0. The third-order valence-electron chi connectivity index (χ3n) is 2.66. The SMILES string of the molecule is Oc1nc2ccc(Cl)cc2nc1-c1ccccc1. The Morgan fingerprint density at radius 1 is 0.889 bits per heavy atom. The maximum Gasteiger partial charge on any atom is 0.238 e. The Morgan fingerprint density at radius 2 is 1.67 bits per heavy atom. The number of aromatic nitrogens is 2. The quantitative estimate of drug-likeness (QED) is 0.723. The van der Waals surface area contributed by atoms with E-state index in [1.54, 1.807) is 18.2 Å². The molecular formula is C14H9ClN2O. The molecule has 0 fully saturated rings. The molecule has 0 aliphatic rings. The lowest BCUT2D eigenvalue weighted by molar-refractivity contribution is 0.456. The second-order valence-electron chi connectivity index (χ2n) is 3.89. The minimum Gasteiger partial charge on any atom is -0.492 e. The fraction of sp³-hybridized carbons (Fsp3) is 0. The molecule has 3 nitrogen and oxygen atoms in total. The monoisotopic (exact) mass is 256 g/mol. The number of benzene rings is 2.